The topological polar surface area (TPSA) is 74.1 Å². The van der Waals surface area contributed by atoms with Crippen LogP contribution in [0.15, 0.2) is 89.0 Å². The van der Waals surface area contributed by atoms with Gasteiger partial charge in [0.05, 0.1) is 11.8 Å². The number of hydrogen-bond donors (Lipinski definition) is 1. The number of halogens is 1. The average Bonchev–Trinajstić information content (AvgIpc) is 3.48. The molecule has 0 aliphatic carbocycles. The van der Waals surface area contributed by atoms with Crippen molar-refractivity contribution in [2.75, 3.05) is 5.32 Å². The Labute approximate surface area is 213 Å². The zero-order valence-corrected chi connectivity index (χ0v) is 20.5. The normalized spacial score (nSPS) is 19.3. The first-order chi connectivity index (χ1) is 17.5. The maximum atomic E-state index is 13.4. The van der Waals surface area contributed by atoms with E-state index < -0.39 is 11.1 Å². The number of carbonyl (C=O) groups excluding carboxylic acids is 2. The summed E-state index contributed by atoms with van der Waals surface area (Å²) in [5, 5.41) is 9.16. The van der Waals surface area contributed by atoms with E-state index in [1.165, 1.54) is 35.5 Å². The van der Waals surface area contributed by atoms with Crippen LogP contribution in [0.5, 0.6) is 0 Å². The maximum Gasteiger partial charge on any atom is 0.262 e. The minimum atomic E-state index is -0.660. The molecule has 2 heterocycles. The van der Waals surface area contributed by atoms with Gasteiger partial charge < -0.3 is 5.32 Å². The van der Waals surface area contributed by atoms with Crippen molar-refractivity contribution in [3.63, 3.8) is 0 Å². The van der Waals surface area contributed by atoms with Crippen LogP contribution < -0.4 is 5.32 Å². The summed E-state index contributed by atoms with van der Waals surface area (Å²) in [5.74, 6) is -1.18. The average molecular weight is 501 g/mol. The van der Waals surface area contributed by atoms with E-state index >= 15 is 0 Å². The second kappa shape index (κ2) is 10.5. The highest BCUT2D eigenvalue weighted by Crippen LogP contribution is 2.38. The molecule has 36 heavy (non-hydrogen) atoms. The van der Waals surface area contributed by atoms with Crippen molar-refractivity contribution in [2.45, 2.75) is 37.5 Å². The molecule has 0 bridgehead atoms. The first kappa shape index (κ1) is 23.9. The van der Waals surface area contributed by atoms with E-state index in [2.05, 4.69) is 41.5 Å². The molecule has 182 valence electrons. The summed E-state index contributed by atoms with van der Waals surface area (Å²) in [5.41, 5.74) is 4.63. The fourth-order valence-corrected chi connectivity index (χ4v) is 5.34. The molecule has 5 rings (SSSR count). The summed E-state index contributed by atoms with van der Waals surface area (Å²) in [6, 6.07) is 24.0. The maximum absolute atomic E-state index is 13.4. The Kier molecular flexibility index (Phi) is 6.95. The second-order valence-corrected chi connectivity index (χ2v) is 9.84. The number of aliphatic imine (C=N–C) groups is 1. The molecule has 2 aliphatic rings. The molecular formula is C28H25FN4O2S. The van der Waals surface area contributed by atoms with Crippen molar-refractivity contribution in [1.29, 1.82) is 0 Å². The standard InChI is InChI=1S/C28H25FN4O2S/c1-2-18-11-13-20(14-12-18)24-16-23(19-7-4-3-5-8-19)32-33(24)28-31-27(35)25(36-28)17-26(34)30-22-10-6-9-21(29)15-22/h3-15,24-25H,2,16-17H2,1H3,(H,30,34)/t24-,25+/m0/s1. The van der Waals surface area contributed by atoms with Crippen LogP contribution in [0.25, 0.3) is 0 Å². The van der Waals surface area contributed by atoms with Crippen LogP contribution >= 0.6 is 11.8 Å². The van der Waals surface area contributed by atoms with Gasteiger partial charge in [0.25, 0.3) is 5.91 Å². The quantitative estimate of drug-likeness (QED) is 0.481. The first-order valence-electron chi connectivity index (χ1n) is 11.9. The summed E-state index contributed by atoms with van der Waals surface area (Å²) < 4.78 is 13.4. The number of amidine groups is 1. The summed E-state index contributed by atoms with van der Waals surface area (Å²) in [4.78, 5) is 29.6. The molecule has 0 saturated carbocycles. The lowest BCUT2D eigenvalue weighted by atomic mass is 9.97. The molecule has 2 amide bonds. The molecule has 2 aliphatic heterocycles. The minimum absolute atomic E-state index is 0.0635. The summed E-state index contributed by atoms with van der Waals surface area (Å²) >= 11 is 1.25. The lowest BCUT2D eigenvalue weighted by Gasteiger charge is -2.23. The van der Waals surface area contributed by atoms with E-state index in [0.717, 1.165) is 23.3 Å². The van der Waals surface area contributed by atoms with Gasteiger partial charge in [-0.15, -0.1) is 0 Å². The van der Waals surface area contributed by atoms with Crippen molar-refractivity contribution in [3.8, 4) is 0 Å². The number of nitrogens with one attached hydrogen (secondary N) is 1. The molecule has 3 aromatic rings. The number of thioether (sulfide) groups is 1. The van der Waals surface area contributed by atoms with E-state index in [4.69, 9.17) is 5.10 Å². The Morgan fingerprint density at radius 3 is 2.58 bits per heavy atom. The van der Waals surface area contributed by atoms with Crippen molar-refractivity contribution < 1.29 is 14.0 Å². The monoisotopic (exact) mass is 500 g/mol. The molecule has 0 saturated heterocycles. The predicted molar refractivity (Wildman–Crippen MR) is 141 cm³/mol. The van der Waals surface area contributed by atoms with Crippen molar-refractivity contribution in [2.24, 2.45) is 10.1 Å². The third kappa shape index (κ3) is 5.23. The molecule has 6 nitrogen and oxygen atoms in total. The van der Waals surface area contributed by atoms with Crippen LogP contribution in [-0.4, -0.2) is 33.0 Å². The van der Waals surface area contributed by atoms with E-state index in [1.807, 2.05) is 35.3 Å². The highest BCUT2D eigenvalue weighted by Gasteiger charge is 2.39. The van der Waals surface area contributed by atoms with Gasteiger partial charge in [0.15, 0.2) is 5.17 Å². The van der Waals surface area contributed by atoms with Gasteiger partial charge in [-0.2, -0.15) is 10.1 Å². The van der Waals surface area contributed by atoms with Crippen molar-refractivity contribution in [1.82, 2.24) is 5.01 Å². The Balaban J connectivity index is 1.35. The summed E-state index contributed by atoms with van der Waals surface area (Å²) in [7, 11) is 0. The molecule has 0 unspecified atom stereocenters. The predicted octanol–water partition coefficient (Wildman–Crippen LogP) is 5.57. The molecule has 0 radical (unpaired) electrons. The van der Waals surface area contributed by atoms with E-state index in [9.17, 15) is 14.0 Å². The largest absolute Gasteiger partial charge is 0.326 e. The Hall–Kier alpha value is -3.78. The Bertz CT molecular complexity index is 1340. The number of nitrogens with zero attached hydrogens (tertiary/aromatic N) is 3. The van der Waals surface area contributed by atoms with Gasteiger partial charge in [0.2, 0.25) is 5.91 Å². The van der Waals surface area contributed by atoms with Crippen molar-refractivity contribution >= 4 is 40.1 Å². The smallest absolute Gasteiger partial charge is 0.262 e. The van der Waals surface area contributed by atoms with Gasteiger partial charge in [-0.25, -0.2) is 9.40 Å². The molecule has 0 fully saturated rings. The number of hydrogen-bond acceptors (Lipinski definition) is 5. The molecule has 2 atom stereocenters. The zero-order valence-electron chi connectivity index (χ0n) is 19.7. The first-order valence-corrected chi connectivity index (χ1v) is 12.7. The van der Waals surface area contributed by atoms with Gasteiger partial charge in [-0.05, 0) is 41.3 Å². The second-order valence-electron chi connectivity index (χ2n) is 8.67. The number of hydrazone groups is 1. The third-order valence-electron chi connectivity index (χ3n) is 6.19. The molecular weight excluding hydrogens is 475 g/mol. The SMILES string of the molecule is CCc1ccc([C@@H]2CC(c3ccccc3)=NN2C2=NC(=O)[C@@H](CC(=O)Nc3cccc(F)c3)S2)cc1. The Morgan fingerprint density at radius 2 is 1.86 bits per heavy atom. The van der Waals surface area contributed by atoms with Gasteiger partial charge in [-0.3, -0.25) is 9.59 Å². The van der Waals surface area contributed by atoms with E-state index in [1.54, 1.807) is 6.07 Å². The van der Waals surface area contributed by atoms with Gasteiger partial charge in [0.1, 0.15) is 11.1 Å². The van der Waals surface area contributed by atoms with Crippen LogP contribution in [0.1, 0.15) is 42.5 Å². The summed E-state index contributed by atoms with van der Waals surface area (Å²) in [6.45, 7) is 2.12. The summed E-state index contributed by atoms with van der Waals surface area (Å²) in [6.07, 6.45) is 1.57. The number of aryl methyl sites for hydroxylation is 1. The lowest BCUT2D eigenvalue weighted by Crippen LogP contribution is -2.25. The van der Waals surface area contributed by atoms with Gasteiger partial charge >= 0.3 is 0 Å². The number of benzene rings is 3. The highest BCUT2D eigenvalue weighted by atomic mass is 32.2. The zero-order chi connectivity index (χ0) is 25.1. The fraction of sp³-hybridized carbons (Fsp3) is 0.214. The molecule has 8 heteroatoms. The fourth-order valence-electron chi connectivity index (χ4n) is 4.28. The Morgan fingerprint density at radius 1 is 1.08 bits per heavy atom. The van der Waals surface area contributed by atoms with Crippen LogP contribution in [0.4, 0.5) is 10.1 Å². The van der Waals surface area contributed by atoms with Gasteiger partial charge in [0, 0.05) is 18.5 Å². The van der Waals surface area contributed by atoms with Crippen LogP contribution in [0.3, 0.4) is 0 Å². The van der Waals surface area contributed by atoms with Crippen LogP contribution in [0.2, 0.25) is 0 Å². The van der Waals surface area contributed by atoms with Gasteiger partial charge in [-0.1, -0.05) is 79.3 Å². The molecule has 0 spiro atoms. The van der Waals surface area contributed by atoms with E-state index in [0.29, 0.717) is 17.3 Å². The lowest BCUT2D eigenvalue weighted by molar-refractivity contribution is -0.121. The number of amides is 2. The third-order valence-corrected chi connectivity index (χ3v) is 7.34. The van der Waals surface area contributed by atoms with Crippen LogP contribution in [0, 0.1) is 5.82 Å². The van der Waals surface area contributed by atoms with Crippen LogP contribution in [-0.2, 0) is 16.0 Å². The number of anilines is 1. The number of carbonyl (C=O) groups is 2. The minimum Gasteiger partial charge on any atom is -0.326 e. The highest BCUT2D eigenvalue weighted by molar-refractivity contribution is 8.15. The molecule has 0 aromatic heterocycles. The number of rotatable bonds is 6. The van der Waals surface area contributed by atoms with Crippen molar-refractivity contribution in [3.05, 3.63) is 101 Å². The molecule has 3 aromatic carbocycles. The van der Waals surface area contributed by atoms with E-state index in [-0.39, 0.29) is 24.3 Å². The molecule has 1 N–H and O–H groups in total.